The molecule has 12 nitrogen and oxygen atoms in total. The second-order valence-corrected chi connectivity index (χ2v) is 11.1. The van der Waals surface area contributed by atoms with Gasteiger partial charge in [-0.1, -0.05) is 12.1 Å². The number of para-hydroxylation sites is 2. The third-order valence-corrected chi connectivity index (χ3v) is 7.97. The van der Waals surface area contributed by atoms with E-state index in [0.29, 0.717) is 0 Å². The van der Waals surface area contributed by atoms with E-state index in [0.717, 1.165) is 12.1 Å². The fourth-order valence-corrected chi connectivity index (χ4v) is 6.13. The molecule has 33 heavy (non-hydrogen) atoms. The molecule has 1 heterocycles. The Morgan fingerprint density at radius 1 is 1.12 bits per heavy atom. The van der Waals surface area contributed by atoms with Crippen LogP contribution in [0.1, 0.15) is 16.8 Å². The number of nitrogens with zero attached hydrogens (tertiary/aromatic N) is 1. The highest BCUT2D eigenvalue weighted by atomic mass is 32.2. The van der Waals surface area contributed by atoms with Crippen LogP contribution in [0.2, 0.25) is 0 Å². The SMILES string of the molecule is O=C(COC(=O)c1ccc(S(=O)(=O)NC2CCS(=O)(=O)C2)cc1)Nc1ccccc1[N+](=O)[O-]. The number of hydrogen-bond acceptors (Lipinski definition) is 9. The van der Waals surface area contributed by atoms with Crippen molar-refractivity contribution < 1.29 is 36.1 Å². The highest BCUT2D eigenvalue weighted by Crippen LogP contribution is 2.23. The molecule has 1 fully saturated rings. The number of nitro groups is 1. The Balaban J connectivity index is 1.57. The molecule has 2 N–H and O–H groups in total. The maximum Gasteiger partial charge on any atom is 0.338 e. The smallest absolute Gasteiger partial charge is 0.338 e. The number of anilines is 1. The molecule has 14 heteroatoms. The Morgan fingerprint density at radius 3 is 2.39 bits per heavy atom. The van der Waals surface area contributed by atoms with Crippen molar-refractivity contribution in [3.63, 3.8) is 0 Å². The number of carbonyl (C=O) groups excluding carboxylic acids is 2. The van der Waals surface area contributed by atoms with Crippen molar-refractivity contribution in [1.82, 2.24) is 4.72 Å². The van der Waals surface area contributed by atoms with E-state index in [1.807, 2.05) is 0 Å². The van der Waals surface area contributed by atoms with E-state index in [1.165, 1.54) is 36.4 Å². The van der Waals surface area contributed by atoms with Crippen molar-refractivity contribution >= 4 is 43.1 Å². The molecule has 0 bridgehead atoms. The second-order valence-electron chi connectivity index (χ2n) is 7.14. The van der Waals surface area contributed by atoms with E-state index in [-0.39, 0.29) is 39.8 Å². The van der Waals surface area contributed by atoms with Crippen LogP contribution in [0.5, 0.6) is 0 Å². The molecule has 0 spiro atoms. The van der Waals surface area contributed by atoms with Gasteiger partial charge in [0.15, 0.2) is 16.4 Å². The zero-order chi connectivity index (χ0) is 24.2. The normalized spacial score (nSPS) is 17.3. The number of amides is 1. The zero-order valence-electron chi connectivity index (χ0n) is 17.0. The largest absolute Gasteiger partial charge is 0.452 e. The molecule has 1 atom stereocenters. The number of benzene rings is 2. The van der Waals surface area contributed by atoms with Crippen LogP contribution in [0, 0.1) is 10.1 Å². The molecule has 1 amide bonds. The first kappa shape index (κ1) is 24.3. The van der Waals surface area contributed by atoms with Gasteiger partial charge >= 0.3 is 5.97 Å². The lowest BCUT2D eigenvalue weighted by atomic mass is 10.2. The van der Waals surface area contributed by atoms with Crippen LogP contribution in [0.25, 0.3) is 0 Å². The number of nitro benzene ring substituents is 1. The minimum absolute atomic E-state index is 0.0316. The maximum atomic E-state index is 12.4. The summed E-state index contributed by atoms with van der Waals surface area (Å²) in [5.74, 6) is -2.07. The monoisotopic (exact) mass is 497 g/mol. The lowest BCUT2D eigenvalue weighted by molar-refractivity contribution is -0.383. The zero-order valence-corrected chi connectivity index (χ0v) is 18.6. The average molecular weight is 498 g/mol. The minimum atomic E-state index is -3.99. The summed E-state index contributed by atoms with van der Waals surface area (Å²) in [4.78, 5) is 34.3. The van der Waals surface area contributed by atoms with Gasteiger partial charge in [-0.05, 0) is 36.8 Å². The van der Waals surface area contributed by atoms with Gasteiger partial charge < -0.3 is 10.1 Å². The fourth-order valence-electron chi connectivity index (χ4n) is 3.08. The Hall–Kier alpha value is -3.36. The highest BCUT2D eigenvalue weighted by Gasteiger charge is 2.31. The molecule has 2 aromatic carbocycles. The highest BCUT2D eigenvalue weighted by molar-refractivity contribution is 7.92. The number of nitrogens with one attached hydrogen (secondary N) is 2. The molecule has 0 radical (unpaired) electrons. The molecular formula is C19H19N3O9S2. The minimum Gasteiger partial charge on any atom is -0.452 e. The third kappa shape index (κ3) is 6.34. The first-order valence-corrected chi connectivity index (χ1v) is 12.8. The van der Waals surface area contributed by atoms with Gasteiger partial charge in [-0.15, -0.1) is 0 Å². The molecule has 1 aliphatic rings. The molecule has 2 aromatic rings. The van der Waals surface area contributed by atoms with Crippen LogP contribution in [0.3, 0.4) is 0 Å². The van der Waals surface area contributed by atoms with E-state index < -0.39 is 49.3 Å². The van der Waals surface area contributed by atoms with Crippen molar-refractivity contribution in [3.05, 3.63) is 64.2 Å². The Morgan fingerprint density at radius 2 is 1.79 bits per heavy atom. The number of sulfonamides is 1. The van der Waals surface area contributed by atoms with E-state index in [4.69, 9.17) is 4.74 Å². The van der Waals surface area contributed by atoms with Crippen molar-refractivity contribution in [2.75, 3.05) is 23.4 Å². The average Bonchev–Trinajstić information content (AvgIpc) is 3.09. The Bertz CT molecular complexity index is 1290. The van der Waals surface area contributed by atoms with Crippen molar-refractivity contribution in [2.45, 2.75) is 17.4 Å². The van der Waals surface area contributed by atoms with Crippen molar-refractivity contribution in [1.29, 1.82) is 0 Å². The molecule has 0 saturated carbocycles. The Labute approximate surface area is 189 Å². The topological polar surface area (TPSA) is 179 Å². The molecule has 0 aromatic heterocycles. The van der Waals surface area contributed by atoms with Gasteiger partial charge in [0.05, 0.1) is 26.9 Å². The van der Waals surface area contributed by atoms with Gasteiger partial charge in [-0.25, -0.2) is 26.4 Å². The van der Waals surface area contributed by atoms with E-state index in [9.17, 15) is 36.5 Å². The molecule has 176 valence electrons. The van der Waals surface area contributed by atoms with Gasteiger partial charge in [0, 0.05) is 12.1 Å². The molecule has 1 unspecified atom stereocenters. The van der Waals surface area contributed by atoms with E-state index >= 15 is 0 Å². The summed E-state index contributed by atoms with van der Waals surface area (Å²) in [6.45, 7) is -0.720. The summed E-state index contributed by atoms with van der Waals surface area (Å²) in [5, 5.41) is 13.3. The quantitative estimate of drug-likeness (QED) is 0.304. The van der Waals surface area contributed by atoms with Crippen molar-refractivity contribution in [2.24, 2.45) is 0 Å². The lowest BCUT2D eigenvalue weighted by Gasteiger charge is -2.12. The van der Waals surface area contributed by atoms with Gasteiger partial charge in [0.1, 0.15) is 5.69 Å². The van der Waals surface area contributed by atoms with Gasteiger partial charge in [0.2, 0.25) is 10.0 Å². The number of carbonyl (C=O) groups is 2. The first-order valence-electron chi connectivity index (χ1n) is 9.50. The lowest BCUT2D eigenvalue weighted by Crippen LogP contribution is -2.35. The van der Waals surface area contributed by atoms with Crippen LogP contribution in [-0.2, 0) is 29.4 Å². The van der Waals surface area contributed by atoms with Crippen LogP contribution >= 0.6 is 0 Å². The number of esters is 1. The maximum absolute atomic E-state index is 12.4. The van der Waals surface area contributed by atoms with Crippen LogP contribution in [0.4, 0.5) is 11.4 Å². The first-order chi connectivity index (χ1) is 15.5. The van der Waals surface area contributed by atoms with Gasteiger partial charge in [-0.3, -0.25) is 14.9 Å². The summed E-state index contributed by atoms with van der Waals surface area (Å²) in [6.07, 6.45) is 0.181. The molecule has 1 aliphatic heterocycles. The third-order valence-electron chi connectivity index (χ3n) is 4.66. The molecular weight excluding hydrogens is 478 g/mol. The molecule has 3 rings (SSSR count). The van der Waals surface area contributed by atoms with Crippen LogP contribution < -0.4 is 10.0 Å². The summed E-state index contributed by atoms with van der Waals surface area (Å²) >= 11 is 0. The van der Waals surface area contributed by atoms with Gasteiger partial charge in [0.25, 0.3) is 11.6 Å². The number of sulfone groups is 1. The van der Waals surface area contributed by atoms with Crippen LogP contribution in [-0.4, -0.2) is 57.8 Å². The van der Waals surface area contributed by atoms with E-state index in [1.54, 1.807) is 0 Å². The summed E-state index contributed by atoms with van der Waals surface area (Å²) in [6, 6.07) is 9.40. The second kappa shape index (κ2) is 9.64. The van der Waals surface area contributed by atoms with E-state index in [2.05, 4.69) is 10.0 Å². The van der Waals surface area contributed by atoms with Gasteiger partial charge in [-0.2, -0.15) is 0 Å². The number of ether oxygens (including phenoxy) is 1. The molecule has 0 aliphatic carbocycles. The predicted molar refractivity (Wildman–Crippen MR) is 116 cm³/mol. The van der Waals surface area contributed by atoms with Crippen molar-refractivity contribution in [3.8, 4) is 0 Å². The summed E-state index contributed by atoms with van der Waals surface area (Å²) in [7, 11) is -7.26. The molecule has 1 saturated heterocycles. The fraction of sp³-hybridized carbons (Fsp3) is 0.263. The summed E-state index contributed by atoms with van der Waals surface area (Å²) in [5.41, 5.74) is -0.408. The summed E-state index contributed by atoms with van der Waals surface area (Å²) < 4.78 is 55.0. The number of rotatable bonds is 8. The van der Waals surface area contributed by atoms with Crippen LogP contribution in [0.15, 0.2) is 53.4 Å². The predicted octanol–water partition coefficient (Wildman–Crippen LogP) is 0.856. The Kier molecular flexibility index (Phi) is 7.09. The number of hydrogen-bond donors (Lipinski definition) is 2. The standard InChI is InChI=1S/C19H19N3O9S2/c23-18(20-16-3-1-2-4-17(16)22(25)26)11-31-19(24)13-5-7-15(8-6-13)33(29,30)21-14-9-10-32(27,28)12-14/h1-8,14,21H,9-12H2,(H,20,23).